The Kier molecular flexibility index (Phi) is 5.29. The van der Waals surface area contributed by atoms with Crippen LogP contribution < -0.4 is 10.2 Å². The lowest BCUT2D eigenvalue weighted by Gasteiger charge is -2.26. The SMILES string of the molecule is CCN(CC)c1cc(Br)ccc1C(C)NC. The van der Waals surface area contributed by atoms with Gasteiger partial charge < -0.3 is 10.2 Å². The lowest BCUT2D eigenvalue weighted by molar-refractivity contribution is 0.648. The van der Waals surface area contributed by atoms with Crippen molar-refractivity contribution in [2.24, 2.45) is 0 Å². The fraction of sp³-hybridized carbons (Fsp3) is 0.538. The first-order valence-electron chi connectivity index (χ1n) is 5.85. The van der Waals surface area contributed by atoms with E-state index in [0.717, 1.165) is 17.6 Å². The van der Waals surface area contributed by atoms with E-state index in [4.69, 9.17) is 0 Å². The van der Waals surface area contributed by atoms with Crippen molar-refractivity contribution in [3.05, 3.63) is 28.2 Å². The highest BCUT2D eigenvalue weighted by Gasteiger charge is 2.13. The van der Waals surface area contributed by atoms with Gasteiger partial charge in [-0.15, -0.1) is 0 Å². The van der Waals surface area contributed by atoms with Crippen molar-refractivity contribution >= 4 is 21.6 Å². The summed E-state index contributed by atoms with van der Waals surface area (Å²) < 4.78 is 1.14. The molecule has 0 saturated heterocycles. The van der Waals surface area contributed by atoms with Gasteiger partial charge in [0.25, 0.3) is 0 Å². The molecule has 16 heavy (non-hydrogen) atoms. The van der Waals surface area contributed by atoms with Crippen molar-refractivity contribution in [2.45, 2.75) is 26.8 Å². The van der Waals surface area contributed by atoms with Crippen LogP contribution in [0.3, 0.4) is 0 Å². The lowest BCUT2D eigenvalue weighted by atomic mass is 10.1. The summed E-state index contributed by atoms with van der Waals surface area (Å²) in [6, 6.07) is 6.88. The van der Waals surface area contributed by atoms with E-state index in [0.29, 0.717) is 6.04 Å². The Bertz CT molecular complexity index is 335. The molecule has 1 rings (SSSR count). The molecule has 0 bridgehead atoms. The van der Waals surface area contributed by atoms with Gasteiger partial charge in [-0.3, -0.25) is 0 Å². The highest BCUT2D eigenvalue weighted by atomic mass is 79.9. The first-order chi connectivity index (χ1) is 7.63. The molecule has 3 heteroatoms. The van der Waals surface area contributed by atoms with E-state index in [1.54, 1.807) is 0 Å². The van der Waals surface area contributed by atoms with Crippen molar-refractivity contribution in [2.75, 3.05) is 25.0 Å². The highest BCUT2D eigenvalue weighted by Crippen LogP contribution is 2.29. The Morgan fingerprint density at radius 2 is 1.94 bits per heavy atom. The quantitative estimate of drug-likeness (QED) is 0.889. The average Bonchev–Trinajstić information content (AvgIpc) is 2.30. The molecule has 1 atom stereocenters. The minimum atomic E-state index is 0.378. The molecule has 0 heterocycles. The molecular weight excluding hydrogens is 264 g/mol. The molecule has 1 unspecified atom stereocenters. The van der Waals surface area contributed by atoms with E-state index < -0.39 is 0 Å². The van der Waals surface area contributed by atoms with E-state index in [1.807, 2.05) is 7.05 Å². The summed E-state index contributed by atoms with van der Waals surface area (Å²) in [7, 11) is 2.00. The van der Waals surface area contributed by atoms with Crippen LogP contribution in [-0.2, 0) is 0 Å². The smallest absolute Gasteiger partial charge is 0.0425 e. The largest absolute Gasteiger partial charge is 0.372 e. The van der Waals surface area contributed by atoms with Crippen LogP contribution in [0, 0.1) is 0 Å². The maximum Gasteiger partial charge on any atom is 0.0425 e. The van der Waals surface area contributed by atoms with Gasteiger partial charge in [0, 0.05) is 29.3 Å². The fourth-order valence-corrected chi connectivity index (χ4v) is 2.23. The standard InChI is InChI=1S/C13H21BrN2/c1-5-16(6-2)13-9-11(14)7-8-12(13)10(3)15-4/h7-10,15H,5-6H2,1-4H3. The molecule has 90 valence electrons. The van der Waals surface area contributed by atoms with Gasteiger partial charge in [-0.05, 0) is 45.5 Å². The van der Waals surface area contributed by atoms with Crippen LogP contribution in [0.15, 0.2) is 22.7 Å². The van der Waals surface area contributed by atoms with E-state index in [2.05, 4.69) is 65.1 Å². The zero-order valence-electron chi connectivity index (χ0n) is 10.5. The van der Waals surface area contributed by atoms with Crippen molar-refractivity contribution in [3.63, 3.8) is 0 Å². The van der Waals surface area contributed by atoms with E-state index in [9.17, 15) is 0 Å². The first-order valence-corrected chi connectivity index (χ1v) is 6.64. The molecule has 1 aromatic carbocycles. The number of nitrogens with one attached hydrogen (secondary N) is 1. The summed E-state index contributed by atoms with van der Waals surface area (Å²) in [5, 5.41) is 3.30. The summed E-state index contributed by atoms with van der Waals surface area (Å²) in [5.74, 6) is 0. The molecule has 0 amide bonds. The van der Waals surface area contributed by atoms with Crippen LogP contribution in [0.5, 0.6) is 0 Å². The normalized spacial score (nSPS) is 12.6. The van der Waals surface area contributed by atoms with Crippen LogP contribution in [0.1, 0.15) is 32.4 Å². The molecule has 1 N–H and O–H groups in total. The van der Waals surface area contributed by atoms with Gasteiger partial charge in [0.15, 0.2) is 0 Å². The number of hydrogen-bond acceptors (Lipinski definition) is 2. The van der Waals surface area contributed by atoms with Crippen molar-refractivity contribution in [1.82, 2.24) is 5.32 Å². The van der Waals surface area contributed by atoms with E-state index in [1.165, 1.54) is 11.3 Å². The maximum absolute atomic E-state index is 3.55. The second-order valence-corrected chi connectivity index (χ2v) is 4.80. The molecule has 0 aromatic heterocycles. The number of nitrogens with zero attached hydrogens (tertiary/aromatic N) is 1. The fourth-order valence-electron chi connectivity index (χ4n) is 1.88. The molecule has 1 aromatic rings. The van der Waals surface area contributed by atoms with E-state index >= 15 is 0 Å². The van der Waals surface area contributed by atoms with Gasteiger partial charge in [0.05, 0.1) is 0 Å². The van der Waals surface area contributed by atoms with Crippen LogP contribution in [0.25, 0.3) is 0 Å². The van der Waals surface area contributed by atoms with Crippen LogP contribution in [0.4, 0.5) is 5.69 Å². The van der Waals surface area contributed by atoms with Crippen LogP contribution in [-0.4, -0.2) is 20.1 Å². The molecule has 0 aliphatic carbocycles. The molecule has 0 saturated carbocycles. The Hall–Kier alpha value is -0.540. The zero-order chi connectivity index (χ0) is 12.1. The molecule has 0 aliphatic heterocycles. The summed E-state index contributed by atoms with van der Waals surface area (Å²) in [6.45, 7) is 8.65. The predicted octanol–water partition coefficient (Wildman–Crippen LogP) is 3.58. The first kappa shape index (κ1) is 13.5. The third kappa shape index (κ3) is 2.98. The van der Waals surface area contributed by atoms with Crippen molar-refractivity contribution in [1.29, 1.82) is 0 Å². The summed E-state index contributed by atoms with van der Waals surface area (Å²) in [4.78, 5) is 2.38. The summed E-state index contributed by atoms with van der Waals surface area (Å²) >= 11 is 3.55. The Morgan fingerprint density at radius 3 is 2.44 bits per heavy atom. The van der Waals surface area contributed by atoms with Gasteiger partial charge in [-0.1, -0.05) is 22.0 Å². The maximum atomic E-state index is 3.55. The number of halogens is 1. The van der Waals surface area contributed by atoms with Crippen LogP contribution in [0.2, 0.25) is 0 Å². The molecule has 2 nitrogen and oxygen atoms in total. The molecule has 0 fully saturated rings. The highest BCUT2D eigenvalue weighted by molar-refractivity contribution is 9.10. The van der Waals surface area contributed by atoms with Gasteiger partial charge in [-0.25, -0.2) is 0 Å². The van der Waals surface area contributed by atoms with Crippen molar-refractivity contribution in [3.8, 4) is 0 Å². The molecular formula is C13H21BrN2. The lowest BCUT2D eigenvalue weighted by Crippen LogP contribution is -2.25. The Labute approximate surface area is 107 Å². The zero-order valence-corrected chi connectivity index (χ0v) is 12.1. The number of benzene rings is 1. The number of hydrogen-bond donors (Lipinski definition) is 1. The molecule has 0 spiro atoms. The summed E-state index contributed by atoms with van der Waals surface area (Å²) in [5.41, 5.74) is 2.68. The molecule has 0 aliphatic rings. The topological polar surface area (TPSA) is 15.3 Å². The third-order valence-corrected chi connectivity index (χ3v) is 3.49. The van der Waals surface area contributed by atoms with E-state index in [-0.39, 0.29) is 0 Å². The minimum absolute atomic E-state index is 0.378. The monoisotopic (exact) mass is 284 g/mol. The summed E-state index contributed by atoms with van der Waals surface area (Å²) in [6.07, 6.45) is 0. The Balaban J connectivity index is 3.16. The molecule has 0 radical (unpaired) electrons. The third-order valence-electron chi connectivity index (χ3n) is 3.00. The minimum Gasteiger partial charge on any atom is -0.372 e. The van der Waals surface area contributed by atoms with Gasteiger partial charge in [0.1, 0.15) is 0 Å². The van der Waals surface area contributed by atoms with Crippen molar-refractivity contribution < 1.29 is 0 Å². The van der Waals surface area contributed by atoms with Gasteiger partial charge in [-0.2, -0.15) is 0 Å². The number of rotatable bonds is 5. The second-order valence-electron chi connectivity index (χ2n) is 3.89. The number of anilines is 1. The van der Waals surface area contributed by atoms with Crippen LogP contribution >= 0.6 is 15.9 Å². The predicted molar refractivity (Wildman–Crippen MR) is 75.2 cm³/mol. The second kappa shape index (κ2) is 6.26. The van der Waals surface area contributed by atoms with Gasteiger partial charge >= 0.3 is 0 Å². The Morgan fingerprint density at radius 1 is 1.31 bits per heavy atom. The average molecular weight is 285 g/mol. The van der Waals surface area contributed by atoms with Gasteiger partial charge in [0.2, 0.25) is 0 Å².